The van der Waals surface area contributed by atoms with Gasteiger partial charge in [0.25, 0.3) is 0 Å². The molecular formula is C14H13N3O. The normalized spacial score (nSPS) is 9.83. The summed E-state index contributed by atoms with van der Waals surface area (Å²) < 4.78 is 5.63. The number of pyridine rings is 1. The Bertz CT molecular complexity index is 629. The van der Waals surface area contributed by atoms with Crippen molar-refractivity contribution in [1.82, 2.24) is 4.98 Å². The SMILES string of the molecule is Cc1cc(Oc2nccc(C)c2C#N)ccc1N. The van der Waals surface area contributed by atoms with E-state index in [-0.39, 0.29) is 0 Å². The molecule has 0 saturated carbocycles. The fourth-order valence-corrected chi connectivity index (χ4v) is 1.57. The van der Waals surface area contributed by atoms with Gasteiger partial charge in [-0.2, -0.15) is 5.26 Å². The van der Waals surface area contributed by atoms with E-state index < -0.39 is 0 Å². The van der Waals surface area contributed by atoms with Crippen molar-refractivity contribution in [2.75, 3.05) is 5.73 Å². The molecule has 2 N–H and O–H groups in total. The van der Waals surface area contributed by atoms with Gasteiger partial charge in [0.1, 0.15) is 17.4 Å². The monoisotopic (exact) mass is 239 g/mol. The van der Waals surface area contributed by atoms with E-state index in [0.29, 0.717) is 22.9 Å². The lowest BCUT2D eigenvalue weighted by Crippen LogP contribution is -1.95. The van der Waals surface area contributed by atoms with Gasteiger partial charge in [-0.1, -0.05) is 0 Å². The Labute approximate surface area is 106 Å². The quantitative estimate of drug-likeness (QED) is 0.818. The predicted octanol–water partition coefficient (Wildman–Crippen LogP) is 2.94. The fraction of sp³-hybridized carbons (Fsp3) is 0.143. The first-order valence-corrected chi connectivity index (χ1v) is 5.51. The molecule has 1 aromatic heterocycles. The predicted molar refractivity (Wildman–Crippen MR) is 69.4 cm³/mol. The summed E-state index contributed by atoms with van der Waals surface area (Å²) in [6.45, 7) is 3.75. The molecule has 0 radical (unpaired) electrons. The summed E-state index contributed by atoms with van der Waals surface area (Å²) >= 11 is 0. The number of nitrogen functional groups attached to an aromatic ring is 1. The molecule has 0 aliphatic heterocycles. The molecule has 0 bridgehead atoms. The maximum absolute atomic E-state index is 9.09. The second-order valence-electron chi connectivity index (χ2n) is 4.04. The van der Waals surface area contributed by atoms with Gasteiger partial charge in [0.2, 0.25) is 5.88 Å². The third-order valence-electron chi connectivity index (χ3n) is 2.69. The topological polar surface area (TPSA) is 71.9 Å². The summed E-state index contributed by atoms with van der Waals surface area (Å²) in [7, 11) is 0. The molecule has 0 amide bonds. The van der Waals surface area contributed by atoms with Crippen molar-refractivity contribution < 1.29 is 4.74 Å². The van der Waals surface area contributed by atoms with Crippen LogP contribution in [0.4, 0.5) is 5.69 Å². The minimum atomic E-state index is 0.321. The highest BCUT2D eigenvalue weighted by Crippen LogP contribution is 2.26. The van der Waals surface area contributed by atoms with Crippen LogP contribution in [-0.2, 0) is 0 Å². The summed E-state index contributed by atoms with van der Waals surface area (Å²) in [6, 6.07) is 9.22. The molecule has 0 unspecified atom stereocenters. The van der Waals surface area contributed by atoms with Crippen LogP contribution in [0.1, 0.15) is 16.7 Å². The van der Waals surface area contributed by atoms with Gasteiger partial charge in [-0.25, -0.2) is 4.98 Å². The number of ether oxygens (including phenoxy) is 1. The van der Waals surface area contributed by atoms with Gasteiger partial charge in [-0.15, -0.1) is 0 Å². The van der Waals surface area contributed by atoms with Crippen LogP contribution in [0.5, 0.6) is 11.6 Å². The largest absolute Gasteiger partial charge is 0.438 e. The lowest BCUT2D eigenvalue weighted by atomic mass is 10.1. The Hall–Kier alpha value is -2.54. The summed E-state index contributed by atoms with van der Waals surface area (Å²) in [4.78, 5) is 4.08. The van der Waals surface area contributed by atoms with Crippen molar-refractivity contribution in [3.8, 4) is 17.7 Å². The number of aryl methyl sites for hydroxylation is 2. The van der Waals surface area contributed by atoms with Crippen molar-refractivity contribution in [3.63, 3.8) is 0 Å². The summed E-state index contributed by atoms with van der Waals surface area (Å²) in [5.41, 5.74) is 8.67. The molecule has 1 aromatic carbocycles. The van der Waals surface area contributed by atoms with Crippen LogP contribution in [0.2, 0.25) is 0 Å². The van der Waals surface area contributed by atoms with Gasteiger partial charge in [0, 0.05) is 11.9 Å². The van der Waals surface area contributed by atoms with Gasteiger partial charge in [-0.3, -0.25) is 0 Å². The first-order chi connectivity index (χ1) is 8.61. The minimum Gasteiger partial charge on any atom is -0.438 e. The van der Waals surface area contributed by atoms with E-state index in [1.807, 2.05) is 19.9 Å². The van der Waals surface area contributed by atoms with Gasteiger partial charge in [0.05, 0.1) is 0 Å². The molecule has 90 valence electrons. The maximum Gasteiger partial charge on any atom is 0.237 e. The van der Waals surface area contributed by atoms with E-state index in [1.165, 1.54) is 0 Å². The van der Waals surface area contributed by atoms with Crippen LogP contribution < -0.4 is 10.5 Å². The molecule has 2 aromatic rings. The highest BCUT2D eigenvalue weighted by Gasteiger charge is 2.09. The Morgan fingerprint density at radius 3 is 2.67 bits per heavy atom. The molecule has 18 heavy (non-hydrogen) atoms. The molecule has 0 atom stereocenters. The van der Waals surface area contributed by atoms with E-state index in [0.717, 1.165) is 11.1 Å². The minimum absolute atomic E-state index is 0.321. The molecule has 1 heterocycles. The number of nitrogens with zero attached hydrogens (tertiary/aromatic N) is 2. The van der Waals surface area contributed by atoms with Crippen LogP contribution in [0.3, 0.4) is 0 Å². The standard InChI is InChI=1S/C14H13N3O/c1-9-5-6-17-14(12(9)8-15)18-11-3-4-13(16)10(2)7-11/h3-7H,16H2,1-2H3. The highest BCUT2D eigenvalue weighted by atomic mass is 16.5. The Morgan fingerprint density at radius 2 is 2.00 bits per heavy atom. The first kappa shape index (κ1) is 11.9. The molecule has 0 aliphatic rings. The van der Waals surface area contributed by atoms with Gasteiger partial charge < -0.3 is 10.5 Å². The van der Waals surface area contributed by atoms with Crippen LogP contribution >= 0.6 is 0 Å². The number of hydrogen-bond acceptors (Lipinski definition) is 4. The number of nitrogens with two attached hydrogens (primary N) is 1. The third-order valence-corrected chi connectivity index (χ3v) is 2.69. The molecule has 0 aliphatic carbocycles. The number of hydrogen-bond donors (Lipinski definition) is 1. The summed E-state index contributed by atoms with van der Waals surface area (Å²) in [5, 5.41) is 9.09. The van der Waals surface area contributed by atoms with Crippen molar-refractivity contribution in [3.05, 3.63) is 47.2 Å². The van der Waals surface area contributed by atoms with Crippen molar-refractivity contribution in [1.29, 1.82) is 5.26 Å². The highest BCUT2D eigenvalue weighted by molar-refractivity contribution is 5.51. The molecular weight excluding hydrogens is 226 g/mol. The Morgan fingerprint density at radius 1 is 1.22 bits per heavy atom. The van der Waals surface area contributed by atoms with Crippen LogP contribution in [0, 0.1) is 25.2 Å². The Kier molecular flexibility index (Phi) is 3.16. The van der Waals surface area contributed by atoms with E-state index in [9.17, 15) is 0 Å². The molecule has 0 fully saturated rings. The number of anilines is 1. The van der Waals surface area contributed by atoms with E-state index >= 15 is 0 Å². The lowest BCUT2D eigenvalue weighted by Gasteiger charge is -2.09. The third kappa shape index (κ3) is 2.25. The molecule has 4 heteroatoms. The smallest absolute Gasteiger partial charge is 0.237 e. The van der Waals surface area contributed by atoms with Gasteiger partial charge >= 0.3 is 0 Å². The fourth-order valence-electron chi connectivity index (χ4n) is 1.57. The summed E-state index contributed by atoms with van der Waals surface area (Å²) in [6.07, 6.45) is 1.62. The van der Waals surface area contributed by atoms with Gasteiger partial charge in [0.15, 0.2) is 0 Å². The number of benzene rings is 1. The zero-order chi connectivity index (χ0) is 13.1. The second-order valence-corrected chi connectivity index (χ2v) is 4.04. The number of rotatable bonds is 2. The zero-order valence-electron chi connectivity index (χ0n) is 10.3. The van der Waals surface area contributed by atoms with E-state index in [4.69, 9.17) is 15.7 Å². The summed E-state index contributed by atoms with van der Waals surface area (Å²) in [5.74, 6) is 0.943. The van der Waals surface area contributed by atoms with Crippen molar-refractivity contribution in [2.45, 2.75) is 13.8 Å². The van der Waals surface area contributed by atoms with Gasteiger partial charge in [-0.05, 0) is 49.2 Å². The average molecular weight is 239 g/mol. The first-order valence-electron chi connectivity index (χ1n) is 5.51. The molecule has 2 rings (SSSR count). The van der Waals surface area contributed by atoms with Crippen molar-refractivity contribution in [2.24, 2.45) is 0 Å². The van der Waals surface area contributed by atoms with Crippen LogP contribution in [-0.4, -0.2) is 4.98 Å². The second kappa shape index (κ2) is 4.76. The number of nitriles is 1. The maximum atomic E-state index is 9.09. The van der Waals surface area contributed by atoms with Crippen LogP contribution in [0.25, 0.3) is 0 Å². The van der Waals surface area contributed by atoms with E-state index in [2.05, 4.69) is 11.1 Å². The molecule has 0 spiro atoms. The average Bonchev–Trinajstić information content (AvgIpc) is 2.34. The van der Waals surface area contributed by atoms with Crippen LogP contribution in [0.15, 0.2) is 30.5 Å². The Balaban J connectivity index is 2.37. The van der Waals surface area contributed by atoms with Crippen molar-refractivity contribution >= 4 is 5.69 Å². The van der Waals surface area contributed by atoms with E-state index in [1.54, 1.807) is 24.4 Å². The lowest BCUT2D eigenvalue weighted by molar-refractivity contribution is 0.460. The molecule has 0 saturated heterocycles. The zero-order valence-corrected chi connectivity index (χ0v) is 10.3. The number of aromatic nitrogens is 1. The molecule has 4 nitrogen and oxygen atoms in total.